The molecular formula is C20H25N3O2. The van der Waals surface area contributed by atoms with Gasteiger partial charge in [0, 0.05) is 16.9 Å². The molecule has 0 saturated carbocycles. The number of amides is 2. The fraction of sp³-hybridized carbons (Fsp3) is 0.300. The maximum Gasteiger partial charge on any atom is 0.255 e. The summed E-state index contributed by atoms with van der Waals surface area (Å²) < 4.78 is 0. The number of nitrogens with zero attached hydrogens (tertiary/aromatic N) is 1. The highest BCUT2D eigenvalue weighted by Gasteiger charge is 2.10. The van der Waals surface area contributed by atoms with Gasteiger partial charge in [-0.25, -0.2) is 0 Å². The number of hydrogen-bond acceptors (Lipinski definition) is 3. The zero-order valence-electron chi connectivity index (χ0n) is 15.0. The lowest BCUT2D eigenvalue weighted by Gasteiger charge is -2.18. The minimum absolute atomic E-state index is 0.0344. The number of rotatable bonds is 7. The molecule has 2 aromatic rings. The van der Waals surface area contributed by atoms with Crippen molar-refractivity contribution in [2.75, 3.05) is 30.3 Å². The maximum absolute atomic E-state index is 12.2. The molecule has 132 valence electrons. The van der Waals surface area contributed by atoms with Gasteiger partial charge in [0.15, 0.2) is 0 Å². The number of nitrogens with one attached hydrogen (secondary N) is 2. The van der Waals surface area contributed by atoms with Crippen molar-refractivity contribution in [2.45, 2.75) is 20.8 Å². The lowest BCUT2D eigenvalue weighted by molar-refractivity contribution is -0.117. The standard InChI is InChI=1S/C20H25N3O2/c1-4-23(5-2)14-19(24)22-18-12-11-17(13-15(18)3)21-20(25)16-9-7-6-8-10-16/h6-13H,4-5,14H2,1-3H3,(H,21,25)(H,22,24). The van der Waals surface area contributed by atoms with Gasteiger partial charge >= 0.3 is 0 Å². The highest BCUT2D eigenvalue weighted by Crippen LogP contribution is 2.20. The molecule has 0 aliphatic rings. The van der Waals surface area contributed by atoms with Crippen LogP contribution < -0.4 is 10.6 Å². The summed E-state index contributed by atoms with van der Waals surface area (Å²) in [6.07, 6.45) is 0. The van der Waals surface area contributed by atoms with Crippen molar-refractivity contribution in [1.82, 2.24) is 4.90 Å². The molecule has 0 aliphatic heterocycles. The third kappa shape index (κ3) is 5.43. The Balaban J connectivity index is 2.00. The molecule has 5 nitrogen and oxygen atoms in total. The van der Waals surface area contributed by atoms with Crippen molar-refractivity contribution < 1.29 is 9.59 Å². The molecule has 2 rings (SSSR count). The SMILES string of the molecule is CCN(CC)CC(=O)Nc1ccc(NC(=O)c2ccccc2)cc1C. The Bertz CT molecular complexity index is 725. The van der Waals surface area contributed by atoms with E-state index >= 15 is 0 Å². The fourth-order valence-corrected chi connectivity index (χ4v) is 2.51. The predicted molar refractivity (Wildman–Crippen MR) is 102 cm³/mol. The minimum Gasteiger partial charge on any atom is -0.325 e. The van der Waals surface area contributed by atoms with Gasteiger partial charge in [-0.05, 0) is 55.9 Å². The van der Waals surface area contributed by atoms with E-state index < -0.39 is 0 Å². The predicted octanol–water partition coefficient (Wildman–Crippen LogP) is 3.53. The van der Waals surface area contributed by atoms with E-state index in [1.165, 1.54) is 0 Å². The van der Waals surface area contributed by atoms with E-state index in [1.54, 1.807) is 18.2 Å². The highest BCUT2D eigenvalue weighted by atomic mass is 16.2. The molecule has 5 heteroatoms. The maximum atomic E-state index is 12.2. The lowest BCUT2D eigenvalue weighted by atomic mass is 10.1. The van der Waals surface area contributed by atoms with E-state index in [1.807, 2.05) is 51.1 Å². The lowest BCUT2D eigenvalue weighted by Crippen LogP contribution is -2.33. The largest absolute Gasteiger partial charge is 0.325 e. The summed E-state index contributed by atoms with van der Waals surface area (Å²) in [5.74, 6) is -0.189. The van der Waals surface area contributed by atoms with Crippen LogP contribution in [0.2, 0.25) is 0 Å². The summed E-state index contributed by atoms with van der Waals surface area (Å²) >= 11 is 0. The van der Waals surface area contributed by atoms with Crippen LogP contribution in [-0.2, 0) is 4.79 Å². The molecule has 0 heterocycles. The quantitative estimate of drug-likeness (QED) is 0.811. The minimum atomic E-state index is -0.154. The molecule has 2 aromatic carbocycles. The van der Waals surface area contributed by atoms with Crippen molar-refractivity contribution in [3.8, 4) is 0 Å². The van der Waals surface area contributed by atoms with Gasteiger partial charge in [0.25, 0.3) is 5.91 Å². The Morgan fingerprint density at radius 3 is 2.24 bits per heavy atom. The van der Waals surface area contributed by atoms with Crippen LogP contribution >= 0.6 is 0 Å². The van der Waals surface area contributed by atoms with Gasteiger partial charge in [-0.2, -0.15) is 0 Å². The fourth-order valence-electron chi connectivity index (χ4n) is 2.51. The van der Waals surface area contributed by atoms with Crippen LogP contribution in [0.1, 0.15) is 29.8 Å². The van der Waals surface area contributed by atoms with Gasteiger partial charge in [0.1, 0.15) is 0 Å². The molecule has 2 N–H and O–H groups in total. The van der Waals surface area contributed by atoms with Gasteiger partial charge in [-0.15, -0.1) is 0 Å². The van der Waals surface area contributed by atoms with E-state index in [4.69, 9.17) is 0 Å². The summed E-state index contributed by atoms with van der Waals surface area (Å²) in [6.45, 7) is 8.03. The number of anilines is 2. The van der Waals surface area contributed by atoms with E-state index in [-0.39, 0.29) is 11.8 Å². The first-order chi connectivity index (χ1) is 12.0. The second kappa shape index (κ2) is 8.99. The summed E-state index contributed by atoms with van der Waals surface area (Å²) in [5, 5.41) is 5.80. The van der Waals surface area contributed by atoms with E-state index in [0.717, 1.165) is 24.3 Å². The Kier molecular flexibility index (Phi) is 6.71. The molecule has 0 aromatic heterocycles. The Morgan fingerprint density at radius 1 is 0.960 bits per heavy atom. The molecule has 0 radical (unpaired) electrons. The molecule has 25 heavy (non-hydrogen) atoms. The smallest absolute Gasteiger partial charge is 0.255 e. The van der Waals surface area contributed by atoms with Crippen molar-refractivity contribution in [3.63, 3.8) is 0 Å². The van der Waals surface area contributed by atoms with Crippen LogP contribution in [0.25, 0.3) is 0 Å². The van der Waals surface area contributed by atoms with Crippen LogP contribution in [0.5, 0.6) is 0 Å². The number of hydrogen-bond donors (Lipinski definition) is 2. The van der Waals surface area contributed by atoms with Crippen molar-refractivity contribution in [2.24, 2.45) is 0 Å². The van der Waals surface area contributed by atoms with Gasteiger partial charge in [-0.1, -0.05) is 32.0 Å². The van der Waals surface area contributed by atoms with E-state index in [2.05, 4.69) is 15.5 Å². The first-order valence-electron chi connectivity index (χ1n) is 8.52. The Hall–Kier alpha value is -2.66. The van der Waals surface area contributed by atoms with Crippen LogP contribution in [0.15, 0.2) is 48.5 Å². The monoisotopic (exact) mass is 339 g/mol. The normalized spacial score (nSPS) is 10.6. The van der Waals surface area contributed by atoms with E-state index in [0.29, 0.717) is 17.8 Å². The number of likely N-dealkylation sites (N-methyl/N-ethyl adjacent to an activating group) is 1. The second-order valence-corrected chi connectivity index (χ2v) is 5.86. The third-order valence-electron chi connectivity index (χ3n) is 4.06. The third-order valence-corrected chi connectivity index (χ3v) is 4.06. The van der Waals surface area contributed by atoms with Crippen molar-refractivity contribution >= 4 is 23.2 Å². The van der Waals surface area contributed by atoms with Gasteiger partial charge in [0.05, 0.1) is 6.54 Å². The Labute approximate surface area is 149 Å². The molecule has 0 fully saturated rings. The summed E-state index contributed by atoms with van der Waals surface area (Å²) in [4.78, 5) is 26.4. The number of carbonyl (C=O) groups excluding carboxylic acids is 2. The van der Waals surface area contributed by atoms with Crippen LogP contribution in [0, 0.1) is 6.92 Å². The van der Waals surface area contributed by atoms with Gasteiger partial charge in [0.2, 0.25) is 5.91 Å². The molecule has 2 amide bonds. The van der Waals surface area contributed by atoms with Crippen molar-refractivity contribution in [1.29, 1.82) is 0 Å². The molecule has 0 spiro atoms. The first-order valence-corrected chi connectivity index (χ1v) is 8.52. The summed E-state index contributed by atoms with van der Waals surface area (Å²) in [7, 11) is 0. The average Bonchev–Trinajstić information content (AvgIpc) is 2.62. The van der Waals surface area contributed by atoms with Crippen LogP contribution in [0.4, 0.5) is 11.4 Å². The topological polar surface area (TPSA) is 61.4 Å². The summed E-state index contributed by atoms with van der Waals surface area (Å²) in [6, 6.07) is 14.5. The van der Waals surface area contributed by atoms with Crippen LogP contribution in [0.3, 0.4) is 0 Å². The number of benzene rings is 2. The molecular weight excluding hydrogens is 314 g/mol. The van der Waals surface area contributed by atoms with Gasteiger partial charge < -0.3 is 10.6 Å². The second-order valence-electron chi connectivity index (χ2n) is 5.86. The zero-order valence-corrected chi connectivity index (χ0v) is 15.0. The number of aryl methyl sites for hydroxylation is 1. The van der Waals surface area contributed by atoms with Crippen LogP contribution in [-0.4, -0.2) is 36.3 Å². The average molecular weight is 339 g/mol. The van der Waals surface area contributed by atoms with Gasteiger partial charge in [-0.3, -0.25) is 14.5 Å². The molecule has 0 bridgehead atoms. The highest BCUT2D eigenvalue weighted by molar-refractivity contribution is 6.04. The first kappa shape index (κ1) is 18.7. The molecule has 0 atom stereocenters. The summed E-state index contributed by atoms with van der Waals surface area (Å²) in [5.41, 5.74) is 2.97. The van der Waals surface area contributed by atoms with Crippen molar-refractivity contribution in [3.05, 3.63) is 59.7 Å². The number of carbonyl (C=O) groups is 2. The Morgan fingerprint density at radius 2 is 1.64 bits per heavy atom. The molecule has 0 saturated heterocycles. The molecule has 0 aliphatic carbocycles. The zero-order chi connectivity index (χ0) is 18.2. The van der Waals surface area contributed by atoms with E-state index in [9.17, 15) is 9.59 Å². The molecule has 0 unspecified atom stereocenters.